The van der Waals surface area contributed by atoms with Crippen molar-refractivity contribution < 1.29 is 14.6 Å². The highest BCUT2D eigenvalue weighted by Gasteiger charge is 2.19. The molecule has 0 atom stereocenters. The van der Waals surface area contributed by atoms with E-state index in [0.717, 1.165) is 18.2 Å². The third-order valence-corrected chi connectivity index (χ3v) is 2.41. The number of nitrogens with zero attached hydrogens (tertiary/aromatic N) is 2. The van der Waals surface area contributed by atoms with E-state index in [-0.39, 0.29) is 5.56 Å². The lowest BCUT2D eigenvalue weighted by Gasteiger charge is -2.06. The molecular formula is C12H14N3O5. The quantitative estimate of drug-likeness (QED) is 0.634. The SMILES string of the molecule is CC(C)C[CH]NC(=O)c1cc([N+](=O)[O-])cc([N+](=O)[O-])c1. The van der Waals surface area contributed by atoms with Crippen LogP contribution in [0.1, 0.15) is 30.6 Å². The molecule has 1 rings (SSSR count). The van der Waals surface area contributed by atoms with E-state index in [1.807, 2.05) is 13.8 Å². The average molecular weight is 280 g/mol. The monoisotopic (exact) mass is 280 g/mol. The van der Waals surface area contributed by atoms with Crippen molar-refractivity contribution in [1.82, 2.24) is 5.32 Å². The Morgan fingerprint density at radius 3 is 2.10 bits per heavy atom. The first-order valence-corrected chi connectivity index (χ1v) is 5.87. The Hall–Kier alpha value is -2.51. The van der Waals surface area contributed by atoms with Crippen LogP contribution in [-0.4, -0.2) is 15.8 Å². The molecule has 1 N–H and O–H groups in total. The lowest BCUT2D eigenvalue weighted by molar-refractivity contribution is -0.394. The molecule has 107 valence electrons. The largest absolute Gasteiger partial charge is 0.347 e. The number of hydrogen-bond acceptors (Lipinski definition) is 5. The molecule has 0 aromatic heterocycles. The number of nitrogens with one attached hydrogen (secondary N) is 1. The highest BCUT2D eigenvalue weighted by molar-refractivity contribution is 5.95. The molecule has 1 radical (unpaired) electrons. The Morgan fingerprint density at radius 1 is 1.20 bits per heavy atom. The molecule has 0 saturated heterocycles. The highest BCUT2D eigenvalue weighted by atomic mass is 16.6. The number of carbonyl (C=O) groups is 1. The Labute approximate surface area is 115 Å². The number of rotatable bonds is 6. The molecule has 0 saturated carbocycles. The van der Waals surface area contributed by atoms with E-state index in [9.17, 15) is 25.0 Å². The summed E-state index contributed by atoms with van der Waals surface area (Å²) in [6.07, 6.45) is 0.628. The van der Waals surface area contributed by atoms with Gasteiger partial charge >= 0.3 is 0 Å². The molecule has 0 unspecified atom stereocenters. The number of benzene rings is 1. The lowest BCUT2D eigenvalue weighted by atomic mass is 10.1. The van der Waals surface area contributed by atoms with E-state index in [0.29, 0.717) is 12.3 Å². The van der Waals surface area contributed by atoms with Gasteiger partial charge in [0, 0.05) is 18.7 Å². The first kappa shape index (κ1) is 15.5. The Morgan fingerprint density at radius 2 is 1.70 bits per heavy atom. The second-order valence-electron chi connectivity index (χ2n) is 4.56. The second kappa shape index (κ2) is 6.60. The molecule has 1 aromatic rings. The van der Waals surface area contributed by atoms with Crippen molar-refractivity contribution in [3.63, 3.8) is 0 Å². The summed E-state index contributed by atoms with van der Waals surface area (Å²) in [6.45, 7) is 5.44. The third kappa shape index (κ3) is 4.30. The number of non-ortho nitro benzene ring substituents is 2. The number of nitro groups is 2. The summed E-state index contributed by atoms with van der Waals surface area (Å²) in [4.78, 5) is 31.6. The van der Waals surface area contributed by atoms with Crippen LogP contribution in [-0.2, 0) is 0 Å². The van der Waals surface area contributed by atoms with Crippen LogP contribution in [0.2, 0.25) is 0 Å². The highest BCUT2D eigenvalue weighted by Crippen LogP contribution is 2.22. The number of carbonyl (C=O) groups excluding carboxylic acids is 1. The first-order chi connectivity index (χ1) is 9.31. The molecule has 8 nitrogen and oxygen atoms in total. The minimum absolute atomic E-state index is 0.120. The zero-order valence-corrected chi connectivity index (χ0v) is 11.0. The van der Waals surface area contributed by atoms with Crippen molar-refractivity contribution in [3.8, 4) is 0 Å². The van der Waals surface area contributed by atoms with Gasteiger partial charge in [-0.2, -0.15) is 0 Å². The molecule has 0 aliphatic rings. The Kier molecular flexibility index (Phi) is 5.13. The molecule has 0 aliphatic heterocycles. The first-order valence-electron chi connectivity index (χ1n) is 5.87. The Bertz CT molecular complexity index is 510. The lowest BCUT2D eigenvalue weighted by Crippen LogP contribution is -2.21. The maximum atomic E-state index is 11.8. The van der Waals surface area contributed by atoms with Gasteiger partial charge in [-0.25, -0.2) is 0 Å². The normalized spacial score (nSPS) is 10.3. The third-order valence-electron chi connectivity index (χ3n) is 2.41. The van der Waals surface area contributed by atoms with E-state index in [2.05, 4.69) is 5.32 Å². The molecule has 8 heteroatoms. The maximum absolute atomic E-state index is 11.8. The fourth-order valence-corrected chi connectivity index (χ4v) is 1.41. The van der Waals surface area contributed by atoms with Crippen LogP contribution < -0.4 is 5.32 Å². The van der Waals surface area contributed by atoms with Gasteiger partial charge in [0.1, 0.15) is 0 Å². The summed E-state index contributed by atoms with van der Waals surface area (Å²) in [7, 11) is 0. The number of nitro benzene ring substituents is 2. The summed E-state index contributed by atoms with van der Waals surface area (Å²) in [5.74, 6) is -0.271. The summed E-state index contributed by atoms with van der Waals surface area (Å²) >= 11 is 0. The zero-order valence-electron chi connectivity index (χ0n) is 11.0. The molecule has 0 heterocycles. The maximum Gasteiger partial charge on any atom is 0.277 e. The number of amides is 1. The summed E-state index contributed by atoms with van der Waals surface area (Å²) in [5.41, 5.74) is -1.10. The van der Waals surface area contributed by atoms with Crippen LogP contribution in [0.3, 0.4) is 0 Å². The van der Waals surface area contributed by atoms with Crippen LogP contribution in [0.25, 0.3) is 0 Å². The van der Waals surface area contributed by atoms with Crippen molar-refractivity contribution in [2.45, 2.75) is 20.3 Å². The predicted octanol–water partition coefficient (Wildman–Crippen LogP) is 2.44. The zero-order chi connectivity index (χ0) is 15.3. The summed E-state index contributed by atoms with van der Waals surface area (Å²) in [5, 5.41) is 23.8. The molecule has 1 aromatic carbocycles. The molecular weight excluding hydrogens is 266 g/mol. The molecule has 1 amide bonds. The van der Waals surface area contributed by atoms with E-state index < -0.39 is 27.1 Å². The molecule has 20 heavy (non-hydrogen) atoms. The van der Waals surface area contributed by atoms with E-state index in [1.54, 1.807) is 0 Å². The van der Waals surface area contributed by atoms with Gasteiger partial charge in [-0.05, 0) is 12.3 Å². The van der Waals surface area contributed by atoms with Gasteiger partial charge in [0.05, 0.1) is 21.5 Å². The van der Waals surface area contributed by atoms with E-state index in [1.165, 1.54) is 6.54 Å². The minimum atomic E-state index is -0.776. The van der Waals surface area contributed by atoms with Crippen molar-refractivity contribution in [1.29, 1.82) is 0 Å². The molecule has 0 fully saturated rings. The topological polar surface area (TPSA) is 115 Å². The van der Waals surface area contributed by atoms with Crippen molar-refractivity contribution in [2.24, 2.45) is 5.92 Å². The minimum Gasteiger partial charge on any atom is -0.347 e. The van der Waals surface area contributed by atoms with Crippen LogP contribution in [0.15, 0.2) is 18.2 Å². The van der Waals surface area contributed by atoms with Crippen LogP contribution in [0.5, 0.6) is 0 Å². The van der Waals surface area contributed by atoms with E-state index >= 15 is 0 Å². The van der Waals surface area contributed by atoms with Crippen molar-refractivity contribution in [3.05, 3.63) is 50.5 Å². The second-order valence-corrected chi connectivity index (χ2v) is 4.56. The summed E-state index contributed by atoms with van der Waals surface area (Å²) in [6, 6.07) is 2.83. The Balaban J connectivity index is 2.95. The fourth-order valence-electron chi connectivity index (χ4n) is 1.41. The standard InChI is InChI=1S/C12H14N3O5/c1-8(2)3-4-13-12(16)9-5-10(14(17)18)7-11(6-9)15(19)20/h4-8H,3H2,1-2H3,(H,13,16). The smallest absolute Gasteiger partial charge is 0.277 e. The summed E-state index contributed by atoms with van der Waals surface area (Å²) < 4.78 is 0. The fraction of sp³-hybridized carbons (Fsp3) is 0.333. The van der Waals surface area contributed by atoms with Gasteiger partial charge in [-0.3, -0.25) is 25.0 Å². The van der Waals surface area contributed by atoms with Gasteiger partial charge in [-0.15, -0.1) is 0 Å². The average Bonchev–Trinajstić information content (AvgIpc) is 2.37. The number of hydrogen-bond donors (Lipinski definition) is 1. The van der Waals surface area contributed by atoms with E-state index in [4.69, 9.17) is 0 Å². The van der Waals surface area contributed by atoms with Crippen LogP contribution in [0, 0.1) is 32.7 Å². The van der Waals surface area contributed by atoms with Gasteiger partial charge in [0.2, 0.25) is 0 Å². The molecule has 0 spiro atoms. The molecule has 0 aliphatic carbocycles. The van der Waals surface area contributed by atoms with Gasteiger partial charge in [0.15, 0.2) is 0 Å². The van der Waals surface area contributed by atoms with Crippen molar-refractivity contribution in [2.75, 3.05) is 0 Å². The van der Waals surface area contributed by atoms with Gasteiger partial charge in [-0.1, -0.05) is 13.8 Å². The van der Waals surface area contributed by atoms with Crippen molar-refractivity contribution >= 4 is 17.3 Å². The van der Waals surface area contributed by atoms with Gasteiger partial charge < -0.3 is 5.32 Å². The predicted molar refractivity (Wildman–Crippen MR) is 71.0 cm³/mol. The van der Waals surface area contributed by atoms with Crippen LogP contribution >= 0.6 is 0 Å². The van der Waals surface area contributed by atoms with Crippen LogP contribution in [0.4, 0.5) is 11.4 Å². The molecule has 0 bridgehead atoms. The van der Waals surface area contributed by atoms with Gasteiger partial charge in [0.25, 0.3) is 17.3 Å².